The SMILES string of the molecule is c1ccc(-c2cc(N3Cc4ccccc4-c4ccccc43)nc3c2oc2c3ccc3c4ccccc4sc32)cc1. The van der Waals surface area contributed by atoms with Crippen LogP contribution in [0.15, 0.2) is 126 Å². The van der Waals surface area contributed by atoms with E-state index in [1.165, 1.54) is 42.6 Å². The number of furan rings is 1. The molecule has 5 aromatic carbocycles. The molecule has 0 amide bonds. The Bertz CT molecular complexity index is 2260. The fourth-order valence-electron chi connectivity index (χ4n) is 6.25. The summed E-state index contributed by atoms with van der Waals surface area (Å²) in [6, 6.07) is 43.1. The first-order valence-electron chi connectivity index (χ1n) is 13.5. The smallest absolute Gasteiger partial charge is 0.161 e. The van der Waals surface area contributed by atoms with Crippen LogP contribution in [0.5, 0.6) is 0 Å². The number of aromatic nitrogens is 1. The lowest BCUT2D eigenvalue weighted by molar-refractivity contribution is 0.673. The summed E-state index contributed by atoms with van der Waals surface area (Å²) in [6.07, 6.45) is 0. The lowest BCUT2D eigenvalue weighted by Crippen LogP contribution is -2.22. The van der Waals surface area contributed by atoms with E-state index in [1.807, 2.05) is 0 Å². The van der Waals surface area contributed by atoms with E-state index in [2.05, 4.69) is 126 Å². The van der Waals surface area contributed by atoms with Crippen molar-refractivity contribution >= 4 is 65.1 Å². The van der Waals surface area contributed by atoms with E-state index in [1.54, 1.807) is 11.3 Å². The molecule has 9 rings (SSSR count). The third-order valence-electron chi connectivity index (χ3n) is 8.11. The third kappa shape index (κ3) is 3.08. The summed E-state index contributed by atoms with van der Waals surface area (Å²) in [5.41, 5.74) is 9.83. The van der Waals surface area contributed by atoms with Crippen molar-refractivity contribution in [3.8, 4) is 22.3 Å². The maximum absolute atomic E-state index is 6.78. The Balaban J connectivity index is 1.35. The second-order valence-electron chi connectivity index (χ2n) is 10.4. The van der Waals surface area contributed by atoms with Gasteiger partial charge in [-0.3, -0.25) is 0 Å². The van der Waals surface area contributed by atoms with Crippen molar-refractivity contribution in [1.82, 2.24) is 4.98 Å². The second-order valence-corrected chi connectivity index (χ2v) is 11.4. The Morgan fingerprint density at radius 3 is 2.30 bits per heavy atom. The topological polar surface area (TPSA) is 29.3 Å². The third-order valence-corrected chi connectivity index (χ3v) is 9.30. The molecule has 0 saturated carbocycles. The molecule has 0 aliphatic carbocycles. The first-order chi connectivity index (χ1) is 19.8. The van der Waals surface area contributed by atoms with Gasteiger partial charge in [0.15, 0.2) is 11.2 Å². The van der Waals surface area contributed by atoms with Crippen molar-refractivity contribution in [2.24, 2.45) is 0 Å². The number of thiophene rings is 1. The van der Waals surface area contributed by atoms with Crippen LogP contribution in [0.2, 0.25) is 0 Å². The van der Waals surface area contributed by atoms with E-state index in [0.29, 0.717) is 0 Å². The molecule has 0 N–H and O–H groups in total. The zero-order valence-electron chi connectivity index (χ0n) is 21.5. The second kappa shape index (κ2) is 8.28. The van der Waals surface area contributed by atoms with Crippen molar-refractivity contribution in [3.63, 3.8) is 0 Å². The average molecular weight is 531 g/mol. The number of hydrogen-bond donors (Lipinski definition) is 0. The van der Waals surface area contributed by atoms with Gasteiger partial charge in [-0.2, -0.15) is 0 Å². The highest BCUT2D eigenvalue weighted by atomic mass is 32.1. The highest BCUT2D eigenvalue weighted by Gasteiger charge is 2.26. The molecule has 0 fully saturated rings. The molecular formula is C36H22N2OS. The standard InChI is InChI=1S/C36H22N2OS/c1-2-10-22(11-3-1)29-20-32(38-21-23-12-4-5-13-24(23)25-14-6-8-16-30(25)38)37-33-28-19-18-27-26-15-7-9-17-31(26)40-36(27)35(28)39-34(29)33/h1-20H,21H2. The Hall–Kier alpha value is -4.93. The summed E-state index contributed by atoms with van der Waals surface area (Å²) < 4.78 is 9.22. The molecule has 0 bridgehead atoms. The molecule has 188 valence electrons. The number of para-hydroxylation sites is 1. The van der Waals surface area contributed by atoms with Crippen molar-refractivity contribution in [3.05, 3.63) is 127 Å². The number of pyridine rings is 1. The van der Waals surface area contributed by atoms with Crippen LogP contribution in [0.25, 0.3) is 64.5 Å². The van der Waals surface area contributed by atoms with E-state index in [4.69, 9.17) is 9.40 Å². The van der Waals surface area contributed by atoms with Gasteiger partial charge in [0.05, 0.1) is 16.9 Å². The average Bonchev–Trinajstić information content (AvgIpc) is 3.59. The summed E-state index contributed by atoms with van der Waals surface area (Å²) in [6.45, 7) is 0.760. The molecule has 0 radical (unpaired) electrons. The maximum Gasteiger partial charge on any atom is 0.161 e. The van der Waals surface area contributed by atoms with Gasteiger partial charge in [-0.15, -0.1) is 11.3 Å². The minimum absolute atomic E-state index is 0.760. The van der Waals surface area contributed by atoms with Gasteiger partial charge in [-0.25, -0.2) is 4.98 Å². The molecule has 3 nitrogen and oxygen atoms in total. The van der Waals surface area contributed by atoms with E-state index in [0.717, 1.165) is 45.6 Å². The van der Waals surface area contributed by atoms with E-state index in [9.17, 15) is 0 Å². The van der Waals surface area contributed by atoms with Gasteiger partial charge in [-0.1, -0.05) is 97.1 Å². The van der Waals surface area contributed by atoms with E-state index < -0.39 is 0 Å². The van der Waals surface area contributed by atoms with Crippen LogP contribution in [0.1, 0.15) is 5.56 Å². The van der Waals surface area contributed by atoms with Gasteiger partial charge in [0.2, 0.25) is 0 Å². The number of hydrogen-bond acceptors (Lipinski definition) is 4. The van der Waals surface area contributed by atoms with Crippen molar-refractivity contribution in [1.29, 1.82) is 0 Å². The first-order valence-corrected chi connectivity index (χ1v) is 14.3. The van der Waals surface area contributed by atoms with Crippen LogP contribution in [0.3, 0.4) is 0 Å². The highest BCUT2D eigenvalue weighted by molar-refractivity contribution is 7.26. The van der Waals surface area contributed by atoms with Crippen molar-refractivity contribution in [2.75, 3.05) is 4.90 Å². The first kappa shape index (κ1) is 21.9. The van der Waals surface area contributed by atoms with Gasteiger partial charge >= 0.3 is 0 Å². The van der Waals surface area contributed by atoms with Crippen LogP contribution in [-0.4, -0.2) is 4.98 Å². The van der Waals surface area contributed by atoms with Gasteiger partial charge in [0.1, 0.15) is 11.3 Å². The zero-order chi connectivity index (χ0) is 26.2. The molecule has 4 heterocycles. The van der Waals surface area contributed by atoms with Gasteiger partial charge in [0.25, 0.3) is 0 Å². The summed E-state index contributed by atoms with van der Waals surface area (Å²) in [4.78, 5) is 7.69. The predicted octanol–water partition coefficient (Wildman–Crippen LogP) is 10.3. The maximum atomic E-state index is 6.78. The predicted molar refractivity (Wildman–Crippen MR) is 168 cm³/mol. The number of nitrogens with zero attached hydrogens (tertiary/aromatic N) is 2. The lowest BCUT2D eigenvalue weighted by atomic mass is 9.93. The molecule has 0 unspecified atom stereocenters. The highest BCUT2D eigenvalue weighted by Crippen LogP contribution is 2.46. The Morgan fingerprint density at radius 1 is 0.625 bits per heavy atom. The van der Waals surface area contributed by atoms with Crippen LogP contribution in [-0.2, 0) is 6.54 Å². The lowest BCUT2D eigenvalue weighted by Gasteiger charge is -2.32. The Morgan fingerprint density at radius 2 is 1.38 bits per heavy atom. The van der Waals surface area contributed by atoms with Crippen molar-refractivity contribution in [2.45, 2.75) is 6.54 Å². The van der Waals surface area contributed by atoms with Crippen molar-refractivity contribution < 1.29 is 4.42 Å². The molecule has 40 heavy (non-hydrogen) atoms. The molecule has 0 saturated heterocycles. The normalized spacial score (nSPS) is 12.8. The quantitative estimate of drug-likeness (QED) is 0.223. The summed E-state index contributed by atoms with van der Waals surface area (Å²) in [5.74, 6) is 0.924. The number of benzene rings is 5. The molecule has 0 spiro atoms. The minimum Gasteiger partial charge on any atom is -0.452 e. The van der Waals surface area contributed by atoms with Crippen LogP contribution < -0.4 is 4.90 Å². The summed E-state index contributed by atoms with van der Waals surface area (Å²) in [5, 5.41) is 3.55. The summed E-state index contributed by atoms with van der Waals surface area (Å²) in [7, 11) is 0. The summed E-state index contributed by atoms with van der Waals surface area (Å²) >= 11 is 1.79. The molecule has 3 aromatic heterocycles. The number of fused-ring (bicyclic) bond motifs is 10. The zero-order valence-corrected chi connectivity index (χ0v) is 22.3. The molecule has 1 aliphatic heterocycles. The molecule has 1 aliphatic rings. The number of anilines is 2. The van der Waals surface area contributed by atoms with Crippen LogP contribution in [0, 0.1) is 0 Å². The fourth-order valence-corrected chi connectivity index (χ4v) is 7.43. The molecular weight excluding hydrogens is 508 g/mol. The number of rotatable bonds is 2. The Kier molecular flexibility index (Phi) is 4.54. The van der Waals surface area contributed by atoms with Gasteiger partial charge in [0, 0.05) is 32.0 Å². The monoisotopic (exact) mass is 530 g/mol. The van der Waals surface area contributed by atoms with E-state index in [-0.39, 0.29) is 0 Å². The minimum atomic E-state index is 0.760. The van der Waals surface area contributed by atoms with Crippen LogP contribution in [0.4, 0.5) is 11.5 Å². The molecule has 4 heteroatoms. The molecule has 8 aromatic rings. The fraction of sp³-hybridized carbons (Fsp3) is 0.0278. The largest absolute Gasteiger partial charge is 0.452 e. The van der Waals surface area contributed by atoms with Gasteiger partial charge < -0.3 is 9.32 Å². The van der Waals surface area contributed by atoms with E-state index >= 15 is 0 Å². The molecule has 0 atom stereocenters. The Labute approximate surface area is 234 Å². The van der Waals surface area contributed by atoms with Gasteiger partial charge in [-0.05, 0) is 41.0 Å². The van der Waals surface area contributed by atoms with Crippen LogP contribution >= 0.6 is 11.3 Å².